The van der Waals surface area contributed by atoms with Crippen molar-refractivity contribution in [2.75, 3.05) is 26.3 Å². The third kappa shape index (κ3) is 7.75. The number of ether oxygens (including phenoxy) is 3. The number of nitrogens with one attached hydrogen (secondary N) is 2. The molecule has 2 aliphatic rings. The summed E-state index contributed by atoms with van der Waals surface area (Å²) in [4.78, 5) is 40.2. The molecule has 1 saturated heterocycles. The third-order valence-corrected chi connectivity index (χ3v) is 6.20. The molecule has 12 nitrogen and oxygen atoms in total. The molecule has 0 unspecified atom stereocenters. The summed E-state index contributed by atoms with van der Waals surface area (Å²) < 4.78 is 18.9. The average Bonchev–Trinajstić information content (AvgIpc) is 3.50. The van der Waals surface area contributed by atoms with Gasteiger partial charge in [-0.15, -0.1) is 5.10 Å². The number of carbonyl (C=O) groups excluding carboxylic acids is 3. The number of amides is 3. The first-order valence-electron chi connectivity index (χ1n) is 12.9. The number of hydrogen-bond donors (Lipinski definition) is 2. The molecule has 3 heterocycles. The zero-order valence-electron chi connectivity index (χ0n) is 22.1. The first-order chi connectivity index (χ1) is 18.2. The first-order valence-corrected chi connectivity index (χ1v) is 12.9. The molecule has 0 spiro atoms. The highest BCUT2D eigenvalue weighted by Gasteiger charge is 2.42. The molecule has 0 aliphatic carbocycles. The average molecular weight is 529 g/mol. The van der Waals surface area contributed by atoms with E-state index in [1.165, 1.54) is 4.90 Å². The molecule has 2 atom stereocenters. The molecule has 4 rings (SSSR count). The maximum atomic E-state index is 13.3. The number of carbonyl (C=O) groups is 3. The number of aromatic nitrogens is 3. The van der Waals surface area contributed by atoms with E-state index in [-0.39, 0.29) is 44.0 Å². The van der Waals surface area contributed by atoms with Crippen molar-refractivity contribution in [3.05, 3.63) is 47.3 Å². The van der Waals surface area contributed by atoms with Crippen LogP contribution in [0.15, 0.2) is 30.5 Å². The van der Waals surface area contributed by atoms with E-state index in [2.05, 4.69) is 20.9 Å². The zero-order chi connectivity index (χ0) is 27.1. The smallest absolute Gasteiger partial charge is 0.411 e. The van der Waals surface area contributed by atoms with Crippen molar-refractivity contribution < 1.29 is 28.6 Å². The van der Waals surface area contributed by atoms with Crippen LogP contribution in [0.1, 0.15) is 44.0 Å². The summed E-state index contributed by atoms with van der Waals surface area (Å²) in [5.74, 6) is -0.443. The van der Waals surface area contributed by atoms with Crippen molar-refractivity contribution in [3.8, 4) is 0 Å². The number of hydrogen-bond acceptors (Lipinski definition) is 8. The highest BCUT2D eigenvalue weighted by atomic mass is 16.6. The molecule has 2 aliphatic heterocycles. The number of fused-ring (bicyclic) bond motifs is 5. The molecule has 2 aromatic rings. The largest absolute Gasteiger partial charge is 0.444 e. The van der Waals surface area contributed by atoms with Gasteiger partial charge in [-0.1, -0.05) is 29.5 Å². The van der Waals surface area contributed by atoms with E-state index in [1.54, 1.807) is 31.6 Å². The van der Waals surface area contributed by atoms with Gasteiger partial charge in [0.05, 0.1) is 51.6 Å². The number of rotatable bonds is 0. The highest BCUT2D eigenvalue weighted by molar-refractivity contribution is 5.86. The van der Waals surface area contributed by atoms with Crippen LogP contribution in [0.4, 0.5) is 4.79 Å². The molecule has 38 heavy (non-hydrogen) atoms. The van der Waals surface area contributed by atoms with Crippen molar-refractivity contribution in [3.63, 3.8) is 0 Å². The van der Waals surface area contributed by atoms with Crippen molar-refractivity contribution in [2.45, 2.75) is 71.1 Å². The van der Waals surface area contributed by atoms with Crippen LogP contribution in [0.2, 0.25) is 0 Å². The molecule has 1 aromatic heterocycles. The van der Waals surface area contributed by atoms with E-state index in [4.69, 9.17) is 14.2 Å². The highest BCUT2D eigenvalue weighted by Crippen LogP contribution is 2.24. The summed E-state index contributed by atoms with van der Waals surface area (Å²) >= 11 is 0. The number of likely N-dealkylation sites (tertiary alicyclic amines) is 1. The third-order valence-electron chi connectivity index (χ3n) is 6.20. The standard InChI is InChI=1S/C26H36N6O6/c1-26(2,3)38-25(35)32-16-21-13-22(32)24(34)28-14-19-7-5-4-6-18(19)12-23(33)27-8-10-36-11-9-31-15-20(17-37-21)29-30-31/h4-7,15,21-22H,8-14,16-17H2,1-3H3,(H,27,33)(H,28,34)/t21-,22+/m1/s1. The molecule has 12 heteroatoms. The lowest BCUT2D eigenvalue weighted by Crippen LogP contribution is -2.47. The second kappa shape index (κ2) is 12.4. The van der Waals surface area contributed by atoms with Crippen LogP contribution in [0, 0.1) is 0 Å². The molecule has 4 bridgehead atoms. The van der Waals surface area contributed by atoms with Gasteiger partial charge in [-0.3, -0.25) is 14.5 Å². The van der Waals surface area contributed by atoms with Gasteiger partial charge in [-0.05, 0) is 31.9 Å². The fraction of sp³-hybridized carbons (Fsp3) is 0.577. The second-order valence-electron chi connectivity index (χ2n) is 10.4. The predicted molar refractivity (Wildman–Crippen MR) is 136 cm³/mol. The Morgan fingerprint density at radius 3 is 2.71 bits per heavy atom. The zero-order valence-corrected chi connectivity index (χ0v) is 22.1. The quantitative estimate of drug-likeness (QED) is 0.520. The van der Waals surface area contributed by atoms with Gasteiger partial charge < -0.3 is 24.8 Å². The van der Waals surface area contributed by atoms with Crippen LogP contribution < -0.4 is 10.6 Å². The van der Waals surface area contributed by atoms with Crippen molar-refractivity contribution in [2.24, 2.45) is 0 Å². The summed E-state index contributed by atoms with van der Waals surface area (Å²) in [7, 11) is 0. The minimum Gasteiger partial charge on any atom is -0.444 e. The van der Waals surface area contributed by atoms with Gasteiger partial charge >= 0.3 is 6.09 Å². The van der Waals surface area contributed by atoms with Crippen LogP contribution in [0.25, 0.3) is 0 Å². The Bertz CT molecular complexity index is 1130. The topological polar surface area (TPSA) is 137 Å². The van der Waals surface area contributed by atoms with E-state index in [0.29, 0.717) is 38.4 Å². The van der Waals surface area contributed by atoms with Crippen LogP contribution >= 0.6 is 0 Å². The maximum absolute atomic E-state index is 13.3. The van der Waals surface area contributed by atoms with E-state index >= 15 is 0 Å². The Labute approximate surface area is 222 Å². The Balaban J connectivity index is 1.52. The van der Waals surface area contributed by atoms with Gasteiger partial charge in [-0.2, -0.15) is 0 Å². The SMILES string of the molecule is CC(C)(C)OC(=O)N1C[C@H]2C[C@H]1C(=O)NCc1ccccc1CC(=O)NCCOCCn1cc(nn1)CO2. The first kappa shape index (κ1) is 27.5. The van der Waals surface area contributed by atoms with Crippen molar-refractivity contribution in [1.29, 1.82) is 0 Å². The summed E-state index contributed by atoms with van der Waals surface area (Å²) in [6, 6.07) is 6.70. The summed E-state index contributed by atoms with van der Waals surface area (Å²) in [5.41, 5.74) is 1.57. The van der Waals surface area contributed by atoms with E-state index < -0.39 is 17.7 Å². The van der Waals surface area contributed by atoms with Gasteiger partial charge in [0.1, 0.15) is 17.3 Å². The predicted octanol–water partition coefficient (Wildman–Crippen LogP) is 1.18. The molecule has 0 radical (unpaired) electrons. The fourth-order valence-corrected chi connectivity index (χ4v) is 4.37. The monoisotopic (exact) mass is 528 g/mol. The van der Waals surface area contributed by atoms with E-state index in [1.807, 2.05) is 24.3 Å². The van der Waals surface area contributed by atoms with E-state index in [9.17, 15) is 14.4 Å². The Hall–Kier alpha value is -3.51. The number of nitrogens with zero attached hydrogens (tertiary/aromatic N) is 4. The Kier molecular flexibility index (Phi) is 8.95. The minimum absolute atomic E-state index is 0.133. The van der Waals surface area contributed by atoms with Crippen LogP contribution in [-0.2, 0) is 49.9 Å². The van der Waals surface area contributed by atoms with Crippen LogP contribution in [0.5, 0.6) is 0 Å². The van der Waals surface area contributed by atoms with Crippen molar-refractivity contribution >= 4 is 17.9 Å². The second-order valence-corrected chi connectivity index (χ2v) is 10.4. The van der Waals surface area contributed by atoms with Gasteiger partial charge in [0.2, 0.25) is 11.8 Å². The molecule has 206 valence electrons. The van der Waals surface area contributed by atoms with Gasteiger partial charge in [0.25, 0.3) is 0 Å². The normalized spacial score (nSPS) is 22.0. The van der Waals surface area contributed by atoms with E-state index in [0.717, 1.165) is 11.1 Å². The molecule has 1 fully saturated rings. The van der Waals surface area contributed by atoms with Crippen molar-refractivity contribution in [1.82, 2.24) is 30.5 Å². The number of benzene rings is 1. The Morgan fingerprint density at radius 1 is 1.13 bits per heavy atom. The molecular weight excluding hydrogens is 492 g/mol. The van der Waals surface area contributed by atoms with Gasteiger partial charge in [0, 0.05) is 19.5 Å². The lowest BCUT2D eigenvalue weighted by atomic mass is 10.0. The molecule has 3 amide bonds. The van der Waals surface area contributed by atoms with Crippen LogP contribution in [-0.4, -0.2) is 81.9 Å². The summed E-state index contributed by atoms with van der Waals surface area (Å²) in [5, 5.41) is 14.0. The lowest BCUT2D eigenvalue weighted by Gasteiger charge is -2.28. The molecule has 0 saturated carbocycles. The molecular formula is C26H36N6O6. The molecule has 2 N–H and O–H groups in total. The summed E-state index contributed by atoms with van der Waals surface area (Å²) in [6.45, 7) is 7.67. The summed E-state index contributed by atoms with van der Waals surface area (Å²) in [6.07, 6.45) is 1.32. The fourth-order valence-electron chi connectivity index (χ4n) is 4.37. The minimum atomic E-state index is -0.757. The Morgan fingerprint density at radius 2 is 1.92 bits per heavy atom. The lowest BCUT2D eigenvalue weighted by molar-refractivity contribution is -0.125. The van der Waals surface area contributed by atoms with Crippen LogP contribution in [0.3, 0.4) is 0 Å². The van der Waals surface area contributed by atoms with Gasteiger partial charge in [-0.25, -0.2) is 9.48 Å². The molecule has 1 aromatic carbocycles. The maximum Gasteiger partial charge on any atom is 0.411 e. The van der Waals surface area contributed by atoms with Gasteiger partial charge in [0.15, 0.2) is 0 Å².